The van der Waals surface area contributed by atoms with E-state index in [4.69, 9.17) is 4.43 Å². The monoisotopic (exact) mass is 335 g/mol. The lowest BCUT2D eigenvalue weighted by Gasteiger charge is -2.30. The van der Waals surface area contributed by atoms with Crippen LogP contribution in [0, 0.1) is 5.82 Å². The molecule has 0 atom stereocenters. The van der Waals surface area contributed by atoms with Gasteiger partial charge < -0.3 is 9.16 Å². The molecular formula is C15H19F4O2Si. The molecule has 123 valence electrons. The fourth-order valence-electron chi connectivity index (χ4n) is 2.98. The lowest BCUT2D eigenvalue weighted by molar-refractivity contribution is -0.275. The van der Waals surface area contributed by atoms with Crippen LogP contribution in [0.25, 0.3) is 0 Å². The minimum Gasteiger partial charge on any atom is -0.420 e. The average molecular weight is 335 g/mol. The molecule has 0 saturated heterocycles. The zero-order valence-corrected chi connectivity index (χ0v) is 13.5. The Bertz CT molecular complexity index is 499. The maximum atomic E-state index is 13.8. The highest BCUT2D eigenvalue weighted by Crippen LogP contribution is 2.41. The number of alkyl halides is 3. The smallest absolute Gasteiger partial charge is 0.420 e. The van der Waals surface area contributed by atoms with Crippen molar-refractivity contribution in [3.05, 3.63) is 29.6 Å². The molecule has 1 aromatic carbocycles. The van der Waals surface area contributed by atoms with Crippen LogP contribution in [0.3, 0.4) is 0 Å². The summed E-state index contributed by atoms with van der Waals surface area (Å²) in [6, 6.07) is 3.76. The van der Waals surface area contributed by atoms with Gasteiger partial charge in [0.05, 0.1) is 0 Å². The van der Waals surface area contributed by atoms with Crippen LogP contribution < -0.4 is 4.74 Å². The Labute approximate surface area is 129 Å². The molecule has 0 spiro atoms. The van der Waals surface area contributed by atoms with Gasteiger partial charge in [0.1, 0.15) is 0 Å². The van der Waals surface area contributed by atoms with Crippen molar-refractivity contribution in [2.45, 2.75) is 50.1 Å². The van der Waals surface area contributed by atoms with Crippen LogP contribution in [0.2, 0.25) is 12.1 Å². The van der Waals surface area contributed by atoms with Gasteiger partial charge in [0.2, 0.25) is 9.04 Å². The van der Waals surface area contributed by atoms with Crippen LogP contribution >= 0.6 is 0 Å². The molecule has 2 nitrogen and oxygen atoms in total. The molecule has 1 radical (unpaired) electrons. The highest BCUT2D eigenvalue weighted by Gasteiger charge is 2.33. The maximum absolute atomic E-state index is 13.8. The van der Waals surface area contributed by atoms with Gasteiger partial charge in [-0.05, 0) is 48.5 Å². The van der Waals surface area contributed by atoms with Crippen molar-refractivity contribution in [2.24, 2.45) is 0 Å². The molecule has 22 heavy (non-hydrogen) atoms. The molecule has 0 heterocycles. The van der Waals surface area contributed by atoms with Gasteiger partial charge in [-0.2, -0.15) is 0 Å². The summed E-state index contributed by atoms with van der Waals surface area (Å²) in [4.78, 5) is 0. The Hall–Kier alpha value is -1.08. The Morgan fingerprint density at radius 2 is 1.77 bits per heavy atom. The third-order valence-electron chi connectivity index (χ3n) is 4.28. The number of hydrogen-bond acceptors (Lipinski definition) is 2. The van der Waals surface area contributed by atoms with Gasteiger partial charge in [-0.15, -0.1) is 13.2 Å². The normalized spacial score (nSPS) is 22.9. The summed E-state index contributed by atoms with van der Waals surface area (Å²) in [5.74, 6) is -1.55. The third kappa shape index (κ3) is 4.46. The topological polar surface area (TPSA) is 18.5 Å². The molecule has 0 unspecified atom stereocenters. The maximum Gasteiger partial charge on any atom is 0.573 e. The van der Waals surface area contributed by atoms with E-state index in [2.05, 4.69) is 11.3 Å². The molecule has 1 fully saturated rings. The average Bonchev–Trinajstić information content (AvgIpc) is 2.47. The lowest BCUT2D eigenvalue weighted by Crippen LogP contribution is -2.23. The largest absolute Gasteiger partial charge is 0.573 e. The Morgan fingerprint density at radius 3 is 2.27 bits per heavy atom. The zero-order chi connectivity index (χ0) is 16.3. The number of ether oxygens (including phenoxy) is 1. The molecule has 1 saturated carbocycles. The Balaban J connectivity index is 2.01. The van der Waals surface area contributed by atoms with Gasteiger partial charge in [0.15, 0.2) is 11.6 Å². The van der Waals surface area contributed by atoms with E-state index < -0.39 is 27.0 Å². The fourth-order valence-corrected chi connectivity index (χ4v) is 4.46. The minimum absolute atomic E-state index is 0.192. The number of halogens is 4. The first kappa shape index (κ1) is 17.3. The van der Waals surface area contributed by atoms with Crippen LogP contribution in [-0.4, -0.2) is 22.5 Å². The molecule has 2 rings (SSSR count). The number of benzene rings is 1. The summed E-state index contributed by atoms with van der Waals surface area (Å²) < 4.78 is 59.2. The van der Waals surface area contributed by atoms with E-state index in [1.807, 2.05) is 0 Å². The number of hydrogen-bond donors (Lipinski definition) is 0. The Morgan fingerprint density at radius 1 is 1.14 bits per heavy atom. The van der Waals surface area contributed by atoms with E-state index >= 15 is 0 Å². The second-order valence-electron chi connectivity index (χ2n) is 5.60. The predicted octanol–water partition coefficient (Wildman–Crippen LogP) is 5.02. The first-order chi connectivity index (χ1) is 10.3. The first-order valence-corrected chi connectivity index (χ1v) is 9.21. The van der Waals surface area contributed by atoms with Gasteiger partial charge in [0.25, 0.3) is 0 Å². The quantitative estimate of drug-likeness (QED) is 0.568. The van der Waals surface area contributed by atoms with E-state index in [0.29, 0.717) is 5.54 Å². The highest BCUT2D eigenvalue weighted by molar-refractivity contribution is 6.52. The summed E-state index contributed by atoms with van der Waals surface area (Å²) in [5.41, 5.74) is 1.33. The second kappa shape index (κ2) is 7.00. The molecule has 0 aliphatic heterocycles. The fraction of sp³-hybridized carbons (Fsp3) is 0.600. The van der Waals surface area contributed by atoms with Gasteiger partial charge >= 0.3 is 6.36 Å². The Kier molecular flexibility index (Phi) is 5.49. The van der Waals surface area contributed by atoms with Crippen molar-refractivity contribution in [2.75, 3.05) is 7.11 Å². The van der Waals surface area contributed by atoms with Crippen LogP contribution in [0.15, 0.2) is 18.2 Å². The van der Waals surface area contributed by atoms with Crippen LogP contribution in [0.5, 0.6) is 5.75 Å². The van der Waals surface area contributed by atoms with Crippen molar-refractivity contribution in [3.63, 3.8) is 0 Å². The molecule has 1 aliphatic carbocycles. The summed E-state index contributed by atoms with van der Waals surface area (Å²) in [7, 11) is 0.943. The van der Waals surface area contributed by atoms with Crippen molar-refractivity contribution < 1.29 is 26.7 Å². The van der Waals surface area contributed by atoms with Crippen LogP contribution in [0.1, 0.15) is 37.2 Å². The van der Waals surface area contributed by atoms with E-state index in [9.17, 15) is 17.6 Å². The van der Waals surface area contributed by atoms with E-state index in [1.54, 1.807) is 7.11 Å². The minimum atomic E-state index is -4.87. The summed E-state index contributed by atoms with van der Waals surface area (Å²) >= 11 is 0. The van der Waals surface area contributed by atoms with Crippen LogP contribution in [0.4, 0.5) is 17.6 Å². The molecule has 0 N–H and O–H groups in total. The third-order valence-corrected chi connectivity index (χ3v) is 6.65. The van der Waals surface area contributed by atoms with Gasteiger partial charge in [-0.25, -0.2) is 4.39 Å². The van der Waals surface area contributed by atoms with Gasteiger partial charge in [-0.3, -0.25) is 0 Å². The zero-order valence-electron chi connectivity index (χ0n) is 12.5. The van der Waals surface area contributed by atoms with E-state index in [1.165, 1.54) is 12.1 Å². The standard InChI is InChI=1S/C15H19F4O2Si/c1-20-22(2)12-6-3-10(4-7-12)11-5-8-14(13(16)9-11)21-15(17,18)19/h5,8-10,12H,3-4,6-7H2,1-2H3. The van der Waals surface area contributed by atoms with Crippen molar-refractivity contribution in [1.29, 1.82) is 0 Å². The first-order valence-electron chi connectivity index (χ1n) is 7.22. The van der Waals surface area contributed by atoms with Crippen molar-refractivity contribution >= 4 is 9.04 Å². The van der Waals surface area contributed by atoms with Gasteiger partial charge in [-0.1, -0.05) is 18.9 Å². The SMILES string of the molecule is CO[Si](C)C1CCC(c2ccc(OC(F)(F)F)c(F)c2)CC1. The van der Waals surface area contributed by atoms with Crippen molar-refractivity contribution in [1.82, 2.24) is 0 Å². The summed E-state index contributed by atoms with van der Waals surface area (Å²) in [6.07, 6.45) is -1.01. The van der Waals surface area contributed by atoms with E-state index in [0.717, 1.165) is 37.3 Å². The molecule has 0 aromatic heterocycles. The van der Waals surface area contributed by atoms with Gasteiger partial charge in [0, 0.05) is 7.11 Å². The van der Waals surface area contributed by atoms with E-state index in [-0.39, 0.29) is 5.92 Å². The van der Waals surface area contributed by atoms with Crippen molar-refractivity contribution in [3.8, 4) is 5.75 Å². The summed E-state index contributed by atoms with van der Waals surface area (Å²) in [5, 5.41) is 0. The lowest BCUT2D eigenvalue weighted by atomic mass is 9.84. The predicted molar refractivity (Wildman–Crippen MR) is 76.7 cm³/mol. The van der Waals surface area contributed by atoms with Crippen LogP contribution in [-0.2, 0) is 4.43 Å². The molecule has 7 heteroatoms. The molecule has 1 aromatic rings. The second-order valence-corrected chi connectivity index (χ2v) is 8.05. The highest BCUT2D eigenvalue weighted by atomic mass is 28.3. The summed E-state index contributed by atoms with van der Waals surface area (Å²) in [6.45, 7) is 2.14. The molecular weight excluding hydrogens is 316 g/mol. The molecule has 0 amide bonds. The number of rotatable bonds is 4. The molecule has 1 aliphatic rings. The molecule has 0 bridgehead atoms.